The Bertz CT molecular complexity index is 863. The van der Waals surface area contributed by atoms with Gasteiger partial charge >= 0.3 is 0 Å². The third kappa shape index (κ3) is 4.17. The van der Waals surface area contributed by atoms with Gasteiger partial charge in [-0.3, -0.25) is 14.6 Å². The van der Waals surface area contributed by atoms with Gasteiger partial charge in [-0.1, -0.05) is 24.6 Å². The van der Waals surface area contributed by atoms with Crippen LogP contribution in [0.25, 0.3) is 10.9 Å². The average Bonchev–Trinajstić information content (AvgIpc) is 2.88. The molecule has 1 aromatic carbocycles. The van der Waals surface area contributed by atoms with Crippen molar-refractivity contribution in [1.82, 2.24) is 15.2 Å². The summed E-state index contributed by atoms with van der Waals surface area (Å²) in [5.41, 5.74) is 1.87. The maximum atomic E-state index is 12.8. The van der Waals surface area contributed by atoms with Crippen LogP contribution in [-0.2, 0) is 9.59 Å². The standard InChI is InChI=1S/C22H27N3O3/c26-18-11-16(12-18)22(17-10-15-6-3-4-7-19(15)23-13-17)24-20(27)14-25-9-5-1-2-8-21(25)28/h3-4,6-7,10,13,16,18,22,26H,1-2,5,8-9,11-12,14H2,(H,24,27)/t16?,18?,22-/m0/s1. The molecule has 4 rings (SSSR count). The second-order valence-corrected chi connectivity index (χ2v) is 8.02. The van der Waals surface area contributed by atoms with Crippen molar-refractivity contribution >= 4 is 22.7 Å². The van der Waals surface area contributed by atoms with Gasteiger partial charge in [0.25, 0.3) is 0 Å². The van der Waals surface area contributed by atoms with Crippen molar-refractivity contribution in [3.63, 3.8) is 0 Å². The number of carbonyl (C=O) groups excluding carboxylic acids is 2. The second kappa shape index (κ2) is 8.27. The second-order valence-electron chi connectivity index (χ2n) is 8.02. The van der Waals surface area contributed by atoms with Crippen LogP contribution in [0.4, 0.5) is 0 Å². The molecule has 2 aromatic rings. The minimum absolute atomic E-state index is 0.0654. The van der Waals surface area contributed by atoms with Gasteiger partial charge in [-0.25, -0.2) is 0 Å². The summed E-state index contributed by atoms with van der Waals surface area (Å²) in [5.74, 6) is 0.104. The fourth-order valence-corrected chi connectivity index (χ4v) is 4.23. The number of aliphatic hydroxyl groups excluding tert-OH is 1. The Morgan fingerprint density at radius 1 is 1.25 bits per heavy atom. The maximum absolute atomic E-state index is 12.8. The number of fused-ring (bicyclic) bond motifs is 1. The van der Waals surface area contributed by atoms with Crippen molar-refractivity contribution in [2.45, 2.75) is 50.7 Å². The number of hydrogen-bond acceptors (Lipinski definition) is 4. The number of likely N-dealkylation sites (tertiary alicyclic amines) is 1. The van der Waals surface area contributed by atoms with E-state index in [-0.39, 0.29) is 36.4 Å². The van der Waals surface area contributed by atoms with E-state index in [1.165, 1.54) is 0 Å². The van der Waals surface area contributed by atoms with Gasteiger partial charge in [0.1, 0.15) is 0 Å². The summed E-state index contributed by atoms with van der Waals surface area (Å²) in [6.07, 6.45) is 6.27. The van der Waals surface area contributed by atoms with Crippen molar-refractivity contribution < 1.29 is 14.7 Å². The van der Waals surface area contributed by atoms with Crippen LogP contribution in [0.2, 0.25) is 0 Å². The van der Waals surface area contributed by atoms with Crippen LogP contribution >= 0.6 is 0 Å². The highest BCUT2D eigenvalue weighted by Gasteiger charge is 2.36. The molecule has 6 nitrogen and oxygen atoms in total. The number of carbonyl (C=O) groups is 2. The number of hydrogen-bond donors (Lipinski definition) is 2. The quantitative estimate of drug-likeness (QED) is 0.834. The molecule has 1 saturated heterocycles. The Kier molecular flexibility index (Phi) is 5.57. The summed E-state index contributed by atoms with van der Waals surface area (Å²) in [6, 6.07) is 9.76. The topological polar surface area (TPSA) is 82.5 Å². The molecule has 1 aliphatic carbocycles. The van der Waals surface area contributed by atoms with E-state index in [0.29, 0.717) is 25.8 Å². The van der Waals surface area contributed by atoms with Crippen molar-refractivity contribution in [3.8, 4) is 0 Å². The minimum Gasteiger partial charge on any atom is -0.393 e. The molecular weight excluding hydrogens is 354 g/mol. The van der Waals surface area contributed by atoms with Gasteiger partial charge in [-0.05, 0) is 49.3 Å². The van der Waals surface area contributed by atoms with E-state index in [4.69, 9.17) is 0 Å². The van der Waals surface area contributed by atoms with Crippen LogP contribution in [0, 0.1) is 5.92 Å². The third-order valence-corrected chi connectivity index (χ3v) is 5.91. The van der Waals surface area contributed by atoms with Crippen molar-refractivity contribution in [2.24, 2.45) is 5.92 Å². The molecule has 0 bridgehead atoms. The number of aliphatic hydroxyl groups is 1. The monoisotopic (exact) mass is 381 g/mol. The molecule has 0 radical (unpaired) electrons. The molecule has 148 valence electrons. The molecule has 2 aliphatic rings. The van der Waals surface area contributed by atoms with Gasteiger partial charge < -0.3 is 15.3 Å². The van der Waals surface area contributed by atoms with E-state index in [0.717, 1.165) is 35.7 Å². The summed E-state index contributed by atoms with van der Waals surface area (Å²) in [4.78, 5) is 31.2. The van der Waals surface area contributed by atoms with E-state index < -0.39 is 0 Å². The van der Waals surface area contributed by atoms with Crippen LogP contribution in [-0.4, -0.2) is 46.0 Å². The third-order valence-electron chi connectivity index (χ3n) is 5.91. The molecule has 0 spiro atoms. The Labute approximate surface area is 164 Å². The molecule has 2 heterocycles. The van der Waals surface area contributed by atoms with Gasteiger partial charge in [0.15, 0.2) is 0 Å². The van der Waals surface area contributed by atoms with E-state index in [1.807, 2.05) is 30.5 Å². The number of rotatable bonds is 5. The van der Waals surface area contributed by atoms with E-state index in [9.17, 15) is 14.7 Å². The minimum atomic E-state index is -0.301. The lowest BCUT2D eigenvalue weighted by atomic mass is 9.75. The lowest BCUT2D eigenvalue weighted by Crippen LogP contribution is -2.46. The van der Waals surface area contributed by atoms with E-state index in [1.54, 1.807) is 4.90 Å². The first-order chi connectivity index (χ1) is 13.6. The number of aromatic nitrogens is 1. The van der Waals surface area contributed by atoms with E-state index >= 15 is 0 Å². The Balaban J connectivity index is 1.50. The first-order valence-corrected chi connectivity index (χ1v) is 10.2. The number of para-hydroxylation sites is 1. The molecule has 1 aromatic heterocycles. The van der Waals surface area contributed by atoms with Crippen molar-refractivity contribution in [3.05, 3.63) is 42.1 Å². The number of nitrogens with one attached hydrogen (secondary N) is 1. The van der Waals surface area contributed by atoms with E-state index in [2.05, 4.69) is 16.4 Å². The predicted molar refractivity (Wildman–Crippen MR) is 106 cm³/mol. The van der Waals surface area contributed by atoms with Crippen molar-refractivity contribution in [2.75, 3.05) is 13.1 Å². The van der Waals surface area contributed by atoms with Gasteiger partial charge in [0, 0.05) is 24.5 Å². The van der Waals surface area contributed by atoms with Gasteiger partial charge in [0.2, 0.25) is 11.8 Å². The SMILES string of the molecule is O=C(CN1CCCCCC1=O)N[C@H](c1cnc2ccccc2c1)C1CC(O)C1. The van der Waals surface area contributed by atoms with Crippen LogP contribution in [0.1, 0.15) is 50.1 Å². The maximum Gasteiger partial charge on any atom is 0.240 e. The zero-order valence-electron chi connectivity index (χ0n) is 16.0. The number of nitrogens with zero attached hydrogens (tertiary/aromatic N) is 2. The molecule has 28 heavy (non-hydrogen) atoms. The molecule has 1 saturated carbocycles. The molecule has 1 atom stereocenters. The first-order valence-electron chi connectivity index (χ1n) is 10.2. The van der Waals surface area contributed by atoms with Gasteiger partial charge in [0.05, 0.1) is 24.2 Å². The molecule has 1 aliphatic heterocycles. The highest BCUT2D eigenvalue weighted by atomic mass is 16.3. The summed E-state index contributed by atoms with van der Waals surface area (Å²) in [6.45, 7) is 0.752. The van der Waals surface area contributed by atoms with Crippen LogP contribution in [0.3, 0.4) is 0 Å². The smallest absolute Gasteiger partial charge is 0.240 e. The highest BCUT2D eigenvalue weighted by molar-refractivity contribution is 5.85. The fraction of sp³-hybridized carbons (Fsp3) is 0.500. The Morgan fingerprint density at radius 3 is 2.89 bits per heavy atom. The summed E-state index contributed by atoms with van der Waals surface area (Å²) in [5, 5.41) is 13.9. The number of benzene rings is 1. The zero-order chi connectivity index (χ0) is 19.5. The normalized spacial score (nSPS) is 23.8. The lowest BCUT2D eigenvalue weighted by molar-refractivity contribution is -0.136. The Hall–Kier alpha value is -2.47. The van der Waals surface area contributed by atoms with Gasteiger partial charge in [-0.2, -0.15) is 0 Å². The first kappa shape index (κ1) is 18.9. The molecule has 2 N–H and O–H groups in total. The lowest BCUT2D eigenvalue weighted by Gasteiger charge is -2.38. The van der Waals surface area contributed by atoms with Crippen LogP contribution < -0.4 is 5.32 Å². The molecular formula is C22H27N3O3. The number of amides is 2. The molecule has 6 heteroatoms. The van der Waals surface area contributed by atoms with Crippen LogP contribution in [0.5, 0.6) is 0 Å². The zero-order valence-corrected chi connectivity index (χ0v) is 16.0. The summed E-state index contributed by atoms with van der Waals surface area (Å²) in [7, 11) is 0. The van der Waals surface area contributed by atoms with Gasteiger partial charge in [-0.15, -0.1) is 0 Å². The fourth-order valence-electron chi connectivity index (χ4n) is 4.23. The largest absolute Gasteiger partial charge is 0.393 e. The number of pyridine rings is 1. The summed E-state index contributed by atoms with van der Waals surface area (Å²) < 4.78 is 0. The average molecular weight is 381 g/mol. The van der Waals surface area contributed by atoms with Crippen LogP contribution in [0.15, 0.2) is 36.5 Å². The molecule has 2 fully saturated rings. The molecule has 2 amide bonds. The van der Waals surface area contributed by atoms with Crippen molar-refractivity contribution in [1.29, 1.82) is 0 Å². The summed E-state index contributed by atoms with van der Waals surface area (Å²) >= 11 is 0. The molecule has 0 unspecified atom stereocenters. The predicted octanol–water partition coefficient (Wildman–Crippen LogP) is 2.57. The highest BCUT2D eigenvalue weighted by Crippen LogP contribution is 2.38. The Morgan fingerprint density at radius 2 is 2.07 bits per heavy atom.